The Morgan fingerprint density at radius 3 is 2.50 bits per heavy atom. The maximum absolute atomic E-state index is 12.8. The van der Waals surface area contributed by atoms with E-state index >= 15 is 0 Å². The minimum Gasteiger partial charge on any atom is -0.353 e. The zero-order chi connectivity index (χ0) is 22.8. The summed E-state index contributed by atoms with van der Waals surface area (Å²) in [4.78, 5) is 46.7. The third kappa shape index (κ3) is 4.28. The van der Waals surface area contributed by atoms with Crippen molar-refractivity contribution in [2.45, 2.75) is 52.6 Å². The maximum atomic E-state index is 12.8. The molecule has 4 rings (SSSR count). The highest BCUT2D eigenvalue weighted by molar-refractivity contribution is 5.88. The van der Waals surface area contributed by atoms with Crippen molar-refractivity contribution >= 4 is 22.6 Å². The van der Waals surface area contributed by atoms with Gasteiger partial charge in [-0.2, -0.15) is 5.10 Å². The van der Waals surface area contributed by atoms with Gasteiger partial charge in [-0.05, 0) is 39.7 Å². The Hall–Kier alpha value is -3.49. The zero-order valence-corrected chi connectivity index (χ0v) is 18.6. The van der Waals surface area contributed by atoms with Crippen LogP contribution in [0.25, 0.3) is 10.8 Å². The number of carbonyl (C=O) groups excluding carboxylic acids is 1. The van der Waals surface area contributed by atoms with E-state index in [9.17, 15) is 14.4 Å². The van der Waals surface area contributed by atoms with E-state index in [0.717, 1.165) is 23.9 Å². The van der Waals surface area contributed by atoms with Gasteiger partial charge in [0.1, 0.15) is 0 Å². The lowest BCUT2D eigenvalue weighted by atomic mass is 10.0. The number of carbonyl (C=O) groups is 1. The minimum absolute atomic E-state index is 0.0420. The highest BCUT2D eigenvalue weighted by atomic mass is 16.2. The molecule has 168 valence electrons. The molecule has 1 aliphatic rings. The molecule has 0 atom stereocenters. The second-order valence-corrected chi connectivity index (χ2v) is 8.22. The molecule has 0 bridgehead atoms. The molecule has 3 heterocycles. The van der Waals surface area contributed by atoms with E-state index in [1.165, 1.54) is 4.68 Å². The number of amides is 1. The lowest BCUT2D eigenvalue weighted by Crippen LogP contribution is -2.46. The molecular weight excluding hydrogens is 408 g/mol. The molecule has 32 heavy (non-hydrogen) atoms. The van der Waals surface area contributed by atoms with Crippen LogP contribution in [0.1, 0.15) is 36.7 Å². The zero-order valence-electron chi connectivity index (χ0n) is 18.6. The summed E-state index contributed by atoms with van der Waals surface area (Å²) in [6, 6.07) is 7.32. The van der Waals surface area contributed by atoms with E-state index < -0.39 is 0 Å². The van der Waals surface area contributed by atoms with Crippen molar-refractivity contribution in [1.29, 1.82) is 0 Å². The molecule has 2 aromatic heterocycles. The van der Waals surface area contributed by atoms with Gasteiger partial charge in [-0.3, -0.25) is 19.4 Å². The van der Waals surface area contributed by atoms with E-state index in [1.807, 2.05) is 36.9 Å². The fraction of sp³-hybridized carbons (Fsp3) is 0.435. The van der Waals surface area contributed by atoms with Crippen molar-refractivity contribution in [2.75, 3.05) is 18.0 Å². The third-order valence-electron chi connectivity index (χ3n) is 6.11. The molecule has 2 N–H and O–H groups in total. The summed E-state index contributed by atoms with van der Waals surface area (Å²) in [7, 11) is 0. The van der Waals surface area contributed by atoms with Gasteiger partial charge in [0.25, 0.3) is 11.1 Å². The molecule has 1 aromatic carbocycles. The Labute approximate surface area is 185 Å². The summed E-state index contributed by atoms with van der Waals surface area (Å²) in [5, 5.41) is 8.82. The number of aromatic nitrogens is 4. The Morgan fingerprint density at radius 1 is 1.16 bits per heavy atom. The third-order valence-corrected chi connectivity index (χ3v) is 6.11. The summed E-state index contributed by atoms with van der Waals surface area (Å²) in [5.74, 6) is 0.473. The van der Waals surface area contributed by atoms with Crippen LogP contribution in [0.2, 0.25) is 0 Å². The topological polar surface area (TPSA) is 113 Å². The number of fused-ring (bicyclic) bond motifs is 1. The van der Waals surface area contributed by atoms with Gasteiger partial charge in [0.15, 0.2) is 0 Å². The van der Waals surface area contributed by atoms with Crippen LogP contribution in [0.3, 0.4) is 0 Å². The van der Waals surface area contributed by atoms with Crippen molar-refractivity contribution in [2.24, 2.45) is 0 Å². The average Bonchev–Trinajstić information content (AvgIpc) is 2.79. The quantitative estimate of drug-likeness (QED) is 0.626. The molecule has 0 aliphatic carbocycles. The first-order chi connectivity index (χ1) is 15.4. The highest BCUT2D eigenvalue weighted by Gasteiger charge is 2.23. The van der Waals surface area contributed by atoms with Crippen LogP contribution in [0.5, 0.6) is 0 Å². The van der Waals surface area contributed by atoms with Crippen molar-refractivity contribution in [3.63, 3.8) is 0 Å². The molecule has 0 radical (unpaired) electrons. The standard InChI is InChI=1S/C23H28N6O3/c1-4-29-22(32)18-8-6-5-7-17(18)19(27-29)13-20(30)25-16-9-11-28(12-10-16)23-24-15(3)14(2)21(31)26-23/h5-8,16H,4,9-13H2,1-3H3,(H,25,30)(H,24,26,31). The Morgan fingerprint density at radius 2 is 1.84 bits per heavy atom. The first kappa shape index (κ1) is 21.7. The molecule has 1 aliphatic heterocycles. The summed E-state index contributed by atoms with van der Waals surface area (Å²) in [6.45, 7) is 7.29. The van der Waals surface area contributed by atoms with Gasteiger partial charge < -0.3 is 10.2 Å². The fourth-order valence-electron chi connectivity index (χ4n) is 4.10. The second kappa shape index (κ2) is 8.94. The van der Waals surface area contributed by atoms with E-state index in [0.29, 0.717) is 42.2 Å². The van der Waals surface area contributed by atoms with Crippen molar-refractivity contribution in [3.05, 3.63) is 61.9 Å². The monoisotopic (exact) mass is 436 g/mol. The first-order valence-electron chi connectivity index (χ1n) is 11.0. The number of piperidine rings is 1. The van der Waals surface area contributed by atoms with E-state index in [4.69, 9.17) is 0 Å². The smallest absolute Gasteiger partial charge is 0.274 e. The number of nitrogens with zero attached hydrogens (tertiary/aromatic N) is 4. The van der Waals surface area contributed by atoms with Gasteiger partial charge in [0, 0.05) is 42.3 Å². The predicted octanol–water partition coefficient (Wildman–Crippen LogP) is 1.44. The Bertz CT molecular complexity index is 1270. The van der Waals surface area contributed by atoms with Gasteiger partial charge in [-0.1, -0.05) is 18.2 Å². The van der Waals surface area contributed by atoms with Gasteiger partial charge in [0.2, 0.25) is 11.9 Å². The minimum atomic E-state index is -0.141. The number of hydrogen-bond acceptors (Lipinski definition) is 6. The van der Waals surface area contributed by atoms with Crippen LogP contribution >= 0.6 is 0 Å². The van der Waals surface area contributed by atoms with E-state index in [-0.39, 0.29) is 29.5 Å². The van der Waals surface area contributed by atoms with E-state index in [2.05, 4.69) is 20.4 Å². The van der Waals surface area contributed by atoms with E-state index in [1.54, 1.807) is 13.0 Å². The fourth-order valence-corrected chi connectivity index (χ4v) is 4.10. The molecule has 1 saturated heterocycles. The average molecular weight is 437 g/mol. The largest absolute Gasteiger partial charge is 0.353 e. The predicted molar refractivity (Wildman–Crippen MR) is 123 cm³/mol. The summed E-state index contributed by atoms with van der Waals surface area (Å²) in [5.41, 5.74) is 1.71. The lowest BCUT2D eigenvalue weighted by molar-refractivity contribution is -0.121. The van der Waals surface area contributed by atoms with Gasteiger partial charge >= 0.3 is 0 Å². The van der Waals surface area contributed by atoms with Gasteiger partial charge in [0.05, 0.1) is 17.5 Å². The number of aryl methyl sites for hydroxylation is 2. The van der Waals surface area contributed by atoms with Crippen LogP contribution in [0.4, 0.5) is 5.95 Å². The molecule has 0 unspecified atom stereocenters. The molecule has 9 heteroatoms. The van der Waals surface area contributed by atoms with Crippen LogP contribution in [0, 0.1) is 13.8 Å². The number of benzene rings is 1. The number of H-pyrrole nitrogens is 1. The second-order valence-electron chi connectivity index (χ2n) is 8.22. The lowest BCUT2D eigenvalue weighted by Gasteiger charge is -2.32. The number of hydrogen-bond donors (Lipinski definition) is 2. The summed E-state index contributed by atoms with van der Waals surface area (Å²) in [6.07, 6.45) is 1.63. The molecular formula is C23H28N6O3. The van der Waals surface area contributed by atoms with Crippen molar-refractivity contribution in [1.82, 2.24) is 25.1 Å². The Kier molecular flexibility index (Phi) is 6.07. The number of nitrogens with one attached hydrogen (secondary N) is 2. The molecule has 0 spiro atoms. The highest BCUT2D eigenvalue weighted by Crippen LogP contribution is 2.17. The van der Waals surface area contributed by atoms with Crippen LogP contribution in [-0.2, 0) is 17.8 Å². The maximum Gasteiger partial charge on any atom is 0.274 e. The van der Waals surface area contributed by atoms with Gasteiger partial charge in [-0.15, -0.1) is 0 Å². The molecule has 3 aromatic rings. The van der Waals surface area contributed by atoms with Crippen molar-refractivity contribution < 1.29 is 4.79 Å². The number of aromatic amines is 1. The van der Waals surface area contributed by atoms with Crippen LogP contribution in [-0.4, -0.2) is 44.8 Å². The first-order valence-corrected chi connectivity index (χ1v) is 11.0. The molecule has 1 amide bonds. The molecule has 9 nitrogen and oxygen atoms in total. The number of rotatable bonds is 5. The molecule has 0 saturated carbocycles. The van der Waals surface area contributed by atoms with Crippen LogP contribution < -0.4 is 21.3 Å². The van der Waals surface area contributed by atoms with Gasteiger partial charge in [-0.25, -0.2) is 9.67 Å². The SMILES string of the molecule is CCn1nc(CC(=O)NC2CCN(c3nc(C)c(C)c(=O)[nH]3)CC2)c2ccccc2c1=O. The van der Waals surface area contributed by atoms with Crippen molar-refractivity contribution in [3.8, 4) is 0 Å². The van der Waals surface area contributed by atoms with Crippen LogP contribution in [0.15, 0.2) is 33.9 Å². The summed E-state index contributed by atoms with van der Waals surface area (Å²) < 4.78 is 1.40. The Balaban J connectivity index is 1.42. The normalized spacial score (nSPS) is 14.7. The summed E-state index contributed by atoms with van der Waals surface area (Å²) >= 11 is 0. The number of anilines is 1. The molecule has 1 fully saturated rings.